The molecule has 1 aromatic heterocycles. The predicted octanol–water partition coefficient (Wildman–Crippen LogP) is 2.40. The number of nitrogen functional groups attached to an aromatic ring is 1. The highest BCUT2D eigenvalue weighted by Gasteiger charge is 2.05. The Hall–Kier alpha value is -1.77. The Morgan fingerprint density at radius 3 is 2.59 bits per heavy atom. The average molecular weight is 229 g/mol. The van der Waals surface area contributed by atoms with E-state index < -0.39 is 0 Å². The lowest BCUT2D eigenvalue weighted by Gasteiger charge is -2.07. The maximum absolute atomic E-state index is 5.71. The topological polar surface area (TPSA) is 43.8 Å². The second-order valence-corrected chi connectivity index (χ2v) is 4.60. The van der Waals surface area contributed by atoms with Gasteiger partial charge in [0.05, 0.1) is 6.20 Å². The van der Waals surface area contributed by atoms with E-state index in [1.807, 2.05) is 17.8 Å². The van der Waals surface area contributed by atoms with Gasteiger partial charge >= 0.3 is 0 Å². The van der Waals surface area contributed by atoms with Gasteiger partial charge in [-0.2, -0.15) is 0 Å². The zero-order valence-corrected chi connectivity index (χ0v) is 10.7. The number of aromatic nitrogens is 2. The summed E-state index contributed by atoms with van der Waals surface area (Å²) in [5.41, 5.74) is 11.0. The smallest absolute Gasteiger partial charge is 0.200 e. The molecule has 0 fully saturated rings. The number of rotatable bonds is 3. The van der Waals surface area contributed by atoms with Crippen LogP contribution in [0.2, 0.25) is 0 Å². The molecule has 2 aromatic rings. The number of hydrogen-bond donors (Lipinski definition) is 1. The lowest BCUT2D eigenvalue weighted by Crippen LogP contribution is -2.03. The van der Waals surface area contributed by atoms with Gasteiger partial charge in [-0.15, -0.1) is 0 Å². The average Bonchev–Trinajstić information content (AvgIpc) is 2.59. The van der Waals surface area contributed by atoms with Crippen LogP contribution in [0.3, 0.4) is 0 Å². The molecule has 90 valence electrons. The number of anilines is 1. The van der Waals surface area contributed by atoms with Crippen molar-refractivity contribution in [1.29, 1.82) is 0 Å². The molecule has 1 aromatic carbocycles. The lowest BCUT2D eigenvalue weighted by atomic mass is 10.0. The van der Waals surface area contributed by atoms with E-state index in [0.717, 1.165) is 12.8 Å². The zero-order chi connectivity index (χ0) is 12.4. The number of hydrogen-bond acceptors (Lipinski definition) is 2. The molecule has 1 heterocycles. The summed E-state index contributed by atoms with van der Waals surface area (Å²) in [4.78, 5) is 4.11. The van der Waals surface area contributed by atoms with E-state index in [-0.39, 0.29) is 0 Å². The van der Waals surface area contributed by atoms with E-state index in [4.69, 9.17) is 5.73 Å². The van der Waals surface area contributed by atoms with Gasteiger partial charge < -0.3 is 10.3 Å². The molecule has 0 bridgehead atoms. The quantitative estimate of drug-likeness (QED) is 0.878. The summed E-state index contributed by atoms with van der Waals surface area (Å²) < 4.78 is 1.95. The monoisotopic (exact) mass is 229 g/mol. The summed E-state index contributed by atoms with van der Waals surface area (Å²) in [6, 6.07) is 6.61. The van der Waals surface area contributed by atoms with Crippen molar-refractivity contribution in [2.45, 2.75) is 26.7 Å². The lowest BCUT2D eigenvalue weighted by molar-refractivity contribution is 0.805. The predicted molar refractivity (Wildman–Crippen MR) is 70.9 cm³/mol. The van der Waals surface area contributed by atoms with Crippen LogP contribution < -0.4 is 5.73 Å². The van der Waals surface area contributed by atoms with Gasteiger partial charge in [-0.25, -0.2) is 4.98 Å². The van der Waals surface area contributed by atoms with Crippen LogP contribution in [0.4, 0.5) is 5.95 Å². The van der Waals surface area contributed by atoms with Crippen molar-refractivity contribution in [3.05, 3.63) is 46.8 Å². The molecule has 0 amide bonds. The number of aryl methyl sites for hydroxylation is 4. The Kier molecular flexibility index (Phi) is 3.18. The van der Waals surface area contributed by atoms with E-state index in [2.05, 4.69) is 37.0 Å². The molecule has 2 rings (SSSR count). The normalized spacial score (nSPS) is 10.8. The number of imidazole rings is 1. The standard InChI is InChI=1S/C14H19N3/c1-10-4-5-12(11(2)8-10)6-7-13-9-16-14(15)17(13)3/h4-5,8-9H,6-7H2,1-3H3,(H2,15,16). The highest BCUT2D eigenvalue weighted by atomic mass is 15.1. The number of nitrogens with two attached hydrogens (primary N) is 1. The Bertz CT molecular complexity index is 526. The molecule has 0 saturated carbocycles. The molecule has 0 atom stereocenters. The molecule has 2 N–H and O–H groups in total. The van der Waals surface area contributed by atoms with Crippen LogP contribution in [-0.4, -0.2) is 9.55 Å². The van der Waals surface area contributed by atoms with Crippen molar-refractivity contribution in [3.8, 4) is 0 Å². The van der Waals surface area contributed by atoms with Gasteiger partial charge in [0.15, 0.2) is 5.95 Å². The number of benzene rings is 1. The third kappa shape index (κ3) is 2.49. The molecule has 0 unspecified atom stereocenters. The molecule has 0 aliphatic heterocycles. The van der Waals surface area contributed by atoms with Crippen LogP contribution >= 0.6 is 0 Å². The Balaban J connectivity index is 2.10. The van der Waals surface area contributed by atoms with Crippen molar-refractivity contribution in [2.75, 3.05) is 5.73 Å². The first kappa shape index (κ1) is 11.7. The first-order chi connectivity index (χ1) is 8.08. The van der Waals surface area contributed by atoms with Crippen LogP contribution in [0.15, 0.2) is 24.4 Å². The van der Waals surface area contributed by atoms with E-state index in [1.165, 1.54) is 22.4 Å². The minimum atomic E-state index is 0.584. The second kappa shape index (κ2) is 4.62. The summed E-state index contributed by atoms with van der Waals surface area (Å²) in [7, 11) is 1.96. The maximum Gasteiger partial charge on any atom is 0.200 e. The van der Waals surface area contributed by atoms with Crippen molar-refractivity contribution < 1.29 is 0 Å². The largest absolute Gasteiger partial charge is 0.369 e. The zero-order valence-electron chi connectivity index (χ0n) is 10.7. The highest BCUT2D eigenvalue weighted by molar-refractivity contribution is 5.31. The molecule has 17 heavy (non-hydrogen) atoms. The van der Waals surface area contributed by atoms with Crippen LogP contribution in [0.25, 0.3) is 0 Å². The SMILES string of the molecule is Cc1ccc(CCc2cnc(N)n2C)c(C)c1. The van der Waals surface area contributed by atoms with Crippen LogP contribution in [-0.2, 0) is 19.9 Å². The Labute approximate surface area is 102 Å². The van der Waals surface area contributed by atoms with Crippen molar-refractivity contribution in [1.82, 2.24) is 9.55 Å². The van der Waals surface area contributed by atoms with E-state index in [0.29, 0.717) is 5.95 Å². The molecule has 0 radical (unpaired) electrons. The van der Waals surface area contributed by atoms with Crippen LogP contribution in [0, 0.1) is 13.8 Å². The Morgan fingerprint density at radius 1 is 1.24 bits per heavy atom. The summed E-state index contributed by atoms with van der Waals surface area (Å²) in [5.74, 6) is 0.584. The first-order valence-corrected chi connectivity index (χ1v) is 5.90. The summed E-state index contributed by atoms with van der Waals surface area (Å²) in [6.07, 6.45) is 3.87. The summed E-state index contributed by atoms with van der Waals surface area (Å²) in [6.45, 7) is 4.29. The minimum Gasteiger partial charge on any atom is -0.369 e. The van der Waals surface area contributed by atoms with Gasteiger partial charge in [-0.05, 0) is 37.8 Å². The maximum atomic E-state index is 5.71. The fourth-order valence-corrected chi connectivity index (χ4v) is 2.08. The molecular formula is C14H19N3. The summed E-state index contributed by atoms with van der Waals surface area (Å²) in [5, 5.41) is 0. The molecule has 3 heteroatoms. The van der Waals surface area contributed by atoms with Gasteiger partial charge in [0.25, 0.3) is 0 Å². The van der Waals surface area contributed by atoms with Crippen molar-refractivity contribution >= 4 is 5.95 Å². The van der Waals surface area contributed by atoms with Crippen LogP contribution in [0.5, 0.6) is 0 Å². The highest BCUT2D eigenvalue weighted by Crippen LogP contribution is 2.14. The Morgan fingerprint density at radius 2 is 2.00 bits per heavy atom. The molecule has 0 aliphatic rings. The van der Waals surface area contributed by atoms with E-state index in [1.54, 1.807) is 0 Å². The fraction of sp³-hybridized carbons (Fsp3) is 0.357. The van der Waals surface area contributed by atoms with Gasteiger partial charge in [-0.1, -0.05) is 23.8 Å². The molecule has 0 spiro atoms. The van der Waals surface area contributed by atoms with Gasteiger partial charge in [-0.3, -0.25) is 0 Å². The molecule has 0 saturated heterocycles. The third-order valence-corrected chi connectivity index (χ3v) is 3.27. The summed E-state index contributed by atoms with van der Waals surface area (Å²) >= 11 is 0. The van der Waals surface area contributed by atoms with Crippen molar-refractivity contribution in [3.63, 3.8) is 0 Å². The van der Waals surface area contributed by atoms with Crippen LogP contribution in [0.1, 0.15) is 22.4 Å². The number of nitrogens with zero attached hydrogens (tertiary/aromatic N) is 2. The van der Waals surface area contributed by atoms with Gasteiger partial charge in [0.1, 0.15) is 0 Å². The molecular weight excluding hydrogens is 210 g/mol. The minimum absolute atomic E-state index is 0.584. The van der Waals surface area contributed by atoms with Crippen molar-refractivity contribution in [2.24, 2.45) is 7.05 Å². The fourth-order valence-electron chi connectivity index (χ4n) is 2.08. The van der Waals surface area contributed by atoms with E-state index in [9.17, 15) is 0 Å². The first-order valence-electron chi connectivity index (χ1n) is 5.90. The second-order valence-electron chi connectivity index (χ2n) is 4.60. The van der Waals surface area contributed by atoms with E-state index >= 15 is 0 Å². The third-order valence-electron chi connectivity index (χ3n) is 3.27. The molecule has 0 aliphatic carbocycles. The van der Waals surface area contributed by atoms with Gasteiger partial charge in [0, 0.05) is 12.7 Å². The molecule has 3 nitrogen and oxygen atoms in total. The van der Waals surface area contributed by atoms with Gasteiger partial charge in [0.2, 0.25) is 0 Å².